The fraction of sp³-hybridized carbons (Fsp3) is 0.348. The third kappa shape index (κ3) is 4.65. The number of likely N-dealkylation sites (N-methyl/N-ethyl adjacent to an activating group) is 1. The molecule has 1 aliphatic heterocycles. The lowest BCUT2D eigenvalue weighted by Crippen LogP contribution is -2.49. The molecule has 0 radical (unpaired) electrons. The minimum absolute atomic E-state index is 0.0148. The Morgan fingerprint density at radius 1 is 1.00 bits per heavy atom. The summed E-state index contributed by atoms with van der Waals surface area (Å²) in [5, 5.41) is 0.591. The Hall–Kier alpha value is -2.71. The summed E-state index contributed by atoms with van der Waals surface area (Å²) in [6, 6.07) is 12.7. The Balaban J connectivity index is 1.60. The number of aromatic nitrogens is 1. The lowest BCUT2D eigenvalue weighted by molar-refractivity contribution is -0.133. The maximum atomic E-state index is 13.2. The fourth-order valence-corrected chi connectivity index (χ4v) is 5.61. The predicted molar refractivity (Wildman–Crippen MR) is 118 cm³/mol. The van der Waals surface area contributed by atoms with Gasteiger partial charge in [-0.25, -0.2) is 12.8 Å². The summed E-state index contributed by atoms with van der Waals surface area (Å²) in [5.74, 6) is -0.649. The van der Waals surface area contributed by atoms with Gasteiger partial charge in [-0.3, -0.25) is 4.79 Å². The van der Waals surface area contributed by atoms with Crippen molar-refractivity contribution in [3.05, 3.63) is 66.1 Å². The lowest BCUT2D eigenvalue weighted by atomic mass is 10.2. The van der Waals surface area contributed by atoms with Crippen LogP contribution in [0, 0.1) is 5.82 Å². The Labute approximate surface area is 181 Å². The molecule has 6 nitrogen and oxygen atoms in total. The van der Waals surface area contributed by atoms with E-state index in [0.717, 1.165) is 19.6 Å². The van der Waals surface area contributed by atoms with Crippen LogP contribution in [0.25, 0.3) is 10.9 Å². The van der Waals surface area contributed by atoms with Gasteiger partial charge in [-0.1, -0.05) is 37.3 Å². The molecule has 31 heavy (non-hydrogen) atoms. The second kappa shape index (κ2) is 8.80. The molecule has 0 atom stereocenters. The first-order valence-electron chi connectivity index (χ1n) is 10.4. The zero-order valence-corrected chi connectivity index (χ0v) is 18.3. The molecule has 0 saturated carbocycles. The van der Waals surface area contributed by atoms with E-state index in [0.29, 0.717) is 29.6 Å². The molecule has 4 rings (SSSR count). The first kappa shape index (κ1) is 21.5. The minimum atomic E-state index is -3.68. The van der Waals surface area contributed by atoms with Crippen molar-refractivity contribution in [2.45, 2.75) is 24.1 Å². The summed E-state index contributed by atoms with van der Waals surface area (Å²) in [4.78, 5) is 17.2. The Kier molecular flexibility index (Phi) is 6.11. The van der Waals surface area contributed by atoms with E-state index >= 15 is 0 Å². The molecule has 1 saturated heterocycles. The van der Waals surface area contributed by atoms with Crippen LogP contribution in [0.2, 0.25) is 0 Å². The van der Waals surface area contributed by atoms with Crippen LogP contribution in [-0.4, -0.2) is 61.4 Å². The zero-order valence-electron chi connectivity index (χ0n) is 17.5. The molecule has 0 spiro atoms. The SMILES string of the molecule is CCN1CCN(C(=O)Cn2cc(S(=O)(=O)Cc3ccc(F)cc3)c3ccccc32)CC1. The van der Waals surface area contributed by atoms with E-state index in [9.17, 15) is 17.6 Å². The van der Waals surface area contributed by atoms with Crippen molar-refractivity contribution < 1.29 is 17.6 Å². The van der Waals surface area contributed by atoms with Crippen LogP contribution < -0.4 is 0 Å². The number of carbonyl (C=O) groups is 1. The summed E-state index contributed by atoms with van der Waals surface area (Å²) >= 11 is 0. The largest absolute Gasteiger partial charge is 0.339 e. The van der Waals surface area contributed by atoms with Gasteiger partial charge in [0.25, 0.3) is 0 Å². The van der Waals surface area contributed by atoms with Crippen LogP contribution in [0.4, 0.5) is 4.39 Å². The third-order valence-corrected chi connectivity index (χ3v) is 7.54. The number of nitrogens with zero attached hydrogens (tertiary/aromatic N) is 3. The van der Waals surface area contributed by atoms with Crippen LogP contribution in [0.1, 0.15) is 12.5 Å². The Bertz CT molecular complexity index is 1180. The van der Waals surface area contributed by atoms with Crippen molar-refractivity contribution in [1.29, 1.82) is 0 Å². The average molecular weight is 444 g/mol. The Morgan fingerprint density at radius 3 is 2.35 bits per heavy atom. The monoisotopic (exact) mass is 443 g/mol. The van der Waals surface area contributed by atoms with Crippen molar-refractivity contribution in [1.82, 2.24) is 14.4 Å². The first-order chi connectivity index (χ1) is 14.9. The number of para-hydroxylation sites is 1. The van der Waals surface area contributed by atoms with Gasteiger partial charge in [0.15, 0.2) is 9.84 Å². The van der Waals surface area contributed by atoms with Gasteiger partial charge in [0.1, 0.15) is 12.4 Å². The van der Waals surface area contributed by atoms with Crippen molar-refractivity contribution in [3.8, 4) is 0 Å². The normalized spacial score (nSPS) is 15.5. The first-order valence-corrected chi connectivity index (χ1v) is 12.1. The number of carbonyl (C=O) groups excluding carboxylic acids is 1. The highest BCUT2D eigenvalue weighted by Gasteiger charge is 2.24. The van der Waals surface area contributed by atoms with Gasteiger partial charge in [0.2, 0.25) is 5.91 Å². The summed E-state index contributed by atoms with van der Waals surface area (Å²) in [6.45, 7) is 6.25. The number of fused-ring (bicyclic) bond motifs is 1. The van der Waals surface area contributed by atoms with Crippen LogP contribution >= 0.6 is 0 Å². The quantitative estimate of drug-likeness (QED) is 0.588. The third-order valence-electron chi connectivity index (χ3n) is 5.83. The predicted octanol–water partition coefficient (Wildman–Crippen LogP) is 2.92. The van der Waals surface area contributed by atoms with Gasteiger partial charge < -0.3 is 14.4 Å². The van der Waals surface area contributed by atoms with Crippen LogP contribution in [0.3, 0.4) is 0 Å². The standard InChI is InChI=1S/C23H26FN3O3S/c1-2-25-11-13-26(14-12-25)23(28)16-27-15-22(20-5-3-4-6-21(20)27)31(29,30)17-18-7-9-19(24)10-8-18/h3-10,15H,2,11-14,16-17H2,1H3. The van der Waals surface area contributed by atoms with Gasteiger partial charge in [-0.05, 0) is 30.3 Å². The zero-order chi connectivity index (χ0) is 22.0. The second-order valence-electron chi connectivity index (χ2n) is 7.84. The van der Waals surface area contributed by atoms with E-state index in [4.69, 9.17) is 0 Å². The highest BCUT2D eigenvalue weighted by molar-refractivity contribution is 7.90. The summed E-state index contributed by atoms with van der Waals surface area (Å²) in [5.41, 5.74) is 1.23. The molecule has 0 aliphatic carbocycles. The number of piperazine rings is 1. The molecular formula is C23H26FN3O3S. The van der Waals surface area contributed by atoms with Crippen LogP contribution in [0.15, 0.2) is 59.6 Å². The highest BCUT2D eigenvalue weighted by atomic mass is 32.2. The smallest absolute Gasteiger partial charge is 0.242 e. The Morgan fingerprint density at radius 2 is 1.68 bits per heavy atom. The molecule has 8 heteroatoms. The molecule has 0 N–H and O–H groups in total. The van der Waals surface area contributed by atoms with Crippen molar-refractivity contribution in [2.75, 3.05) is 32.7 Å². The van der Waals surface area contributed by atoms with Gasteiger partial charge >= 0.3 is 0 Å². The van der Waals surface area contributed by atoms with E-state index in [-0.39, 0.29) is 23.1 Å². The fourth-order valence-electron chi connectivity index (χ4n) is 4.03. The topological polar surface area (TPSA) is 62.6 Å². The van der Waals surface area contributed by atoms with Crippen molar-refractivity contribution >= 4 is 26.6 Å². The highest BCUT2D eigenvalue weighted by Crippen LogP contribution is 2.28. The number of amides is 1. The summed E-state index contributed by atoms with van der Waals surface area (Å²) in [7, 11) is -3.68. The molecular weight excluding hydrogens is 417 g/mol. The number of sulfone groups is 1. The van der Waals surface area contributed by atoms with E-state index in [1.807, 2.05) is 17.0 Å². The number of halogens is 1. The van der Waals surface area contributed by atoms with E-state index in [1.54, 1.807) is 22.9 Å². The molecule has 2 heterocycles. The molecule has 1 amide bonds. The molecule has 1 aromatic heterocycles. The van der Waals surface area contributed by atoms with E-state index in [1.165, 1.54) is 24.3 Å². The van der Waals surface area contributed by atoms with Crippen molar-refractivity contribution in [3.63, 3.8) is 0 Å². The molecule has 164 valence electrons. The number of hydrogen-bond donors (Lipinski definition) is 0. The van der Waals surface area contributed by atoms with Gasteiger partial charge in [0, 0.05) is 43.3 Å². The second-order valence-corrected chi connectivity index (χ2v) is 9.80. The number of benzene rings is 2. The summed E-state index contributed by atoms with van der Waals surface area (Å²) in [6.07, 6.45) is 1.56. The maximum Gasteiger partial charge on any atom is 0.242 e. The number of rotatable bonds is 6. The molecule has 1 aliphatic rings. The molecule has 1 fully saturated rings. The summed E-state index contributed by atoms with van der Waals surface area (Å²) < 4.78 is 41.2. The van der Waals surface area contributed by atoms with Crippen LogP contribution in [0.5, 0.6) is 0 Å². The lowest BCUT2D eigenvalue weighted by Gasteiger charge is -2.34. The molecule has 3 aromatic rings. The molecule has 2 aromatic carbocycles. The molecule has 0 unspecified atom stereocenters. The van der Waals surface area contributed by atoms with Crippen molar-refractivity contribution in [2.24, 2.45) is 0 Å². The van der Waals surface area contributed by atoms with Gasteiger partial charge in [-0.15, -0.1) is 0 Å². The van der Waals surface area contributed by atoms with Gasteiger partial charge in [-0.2, -0.15) is 0 Å². The maximum absolute atomic E-state index is 13.2. The van der Waals surface area contributed by atoms with E-state index < -0.39 is 15.7 Å². The van der Waals surface area contributed by atoms with Crippen LogP contribution in [-0.2, 0) is 26.9 Å². The molecule has 0 bridgehead atoms. The van der Waals surface area contributed by atoms with Gasteiger partial charge in [0.05, 0.1) is 10.6 Å². The average Bonchev–Trinajstić information content (AvgIpc) is 3.15. The number of hydrogen-bond acceptors (Lipinski definition) is 4. The minimum Gasteiger partial charge on any atom is -0.339 e. The van der Waals surface area contributed by atoms with E-state index in [2.05, 4.69) is 11.8 Å².